The summed E-state index contributed by atoms with van der Waals surface area (Å²) in [6, 6.07) is 0. The lowest BCUT2D eigenvalue weighted by Gasteiger charge is -2.27. The summed E-state index contributed by atoms with van der Waals surface area (Å²) in [7, 11) is 1.51. The summed E-state index contributed by atoms with van der Waals surface area (Å²) in [6.07, 6.45) is 6.25. The molecule has 2 unspecified atom stereocenters. The Balaban J connectivity index is 2.74. The van der Waals surface area contributed by atoms with Crippen molar-refractivity contribution in [3.8, 4) is 0 Å². The Morgan fingerprint density at radius 1 is 1.60 bits per heavy atom. The number of hydrogen-bond donors (Lipinski definition) is 2. The van der Waals surface area contributed by atoms with E-state index in [-0.39, 0.29) is 0 Å². The van der Waals surface area contributed by atoms with E-state index in [0.29, 0.717) is 0 Å². The first kappa shape index (κ1) is 7.47. The summed E-state index contributed by atoms with van der Waals surface area (Å²) in [6.45, 7) is 0. The van der Waals surface area contributed by atoms with Crippen molar-refractivity contribution in [2.24, 2.45) is 5.73 Å². The normalized spacial score (nSPS) is 38.5. The van der Waals surface area contributed by atoms with Crippen LogP contribution in [-0.4, -0.2) is 24.0 Å². The fourth-order valence-corrected chi connectivity index (χ4v) is 0.891. The Labute approximate surface area is 59.8 Å². The number of ether oxygens (including phenoxy) is 1. The molecular weight excluding hydrogens is 130 g/mol. The summed E-state index contributed by atoms with van der Waals surface area (Å²) >= 11 is 0. The molecule has 1 aliphatic carbocycles. The van der Waals surface area contributed by atoms with Gasteiger partial charge in [-0.15, -0.1) is 0 Å². The Morgan fingerprint density at radius 3 is 2.70 bits per heavy atom. The molecular formula is C7H11NO2. The SMILES string of the molecule is COC1C=CC=CC1(N)O. The van der Waals surface area contributed by atoms with Gasteiger partial charge in [0.1, 0.15) is 6.10 Å². The number of hydrogen-bond acceptors (Lipinski definition) is 3. The summed E-state index contributed by atoms with van der Waals surface area (Å²) in [5, 5.41) is 9.35. The van der Waals surface area contributed by atoms with Gasteiger partial charge in [-0.25, -0.2) is 0 Å². The molecule has 0 aromatic heterocycles. The molecule has 1 rings (SSSR count). The second kappa shape index (κ2) is 2.54. The predicted octanol–water partition coefficient (Wildman–Crippen LogP) is -0.225. The van der Waals surface area contributed by atoms with Gasteiger partial charge in [0.15, 0.2) is 5.72 Å². The molecule has 10 heavy (non-hydrogen) atoms. The predicted molar refractivity (Wildman–Crippen MR) is 38.2 cm³/mol. The van der Waals surface area contributed by atoms with Crippen LogP contribution in [0.1, 0.15) is 0 Å². The third-order valence-corrected chi connectivity index (χ3v) is 1.47. The molecule has 1 aliphatic rings. The zero-order valence-electron chi connectivity index (χ0n) is 5.82. The lowest BCUT2D eigenvalue weighted by Crippen LogP contribution is -2.49. The van der Waals surface area contributed by atoms with Gasteiger partial charge in [0.05, 0.1) is 0 Å². The first-order valence-corrected chi connectivity index (χ1v) is 3.07. The van der Waals surface area contributed by atoms with Gasteiger partial charge in [0.2, 0.25) is 0 Å². The van der Waals surface area contributed by atoms with E-state index in [9.17, 15) is 5.11 Å². The van der Waals surface area contributed by atoms with Gasteiger partial charge in [-0.2, -0.15) is 0 Å². The fraction of sp³-hybridized carbons (Fsp3) is 0.429. The first-order chi connectivity index (χ1) is 4.67. The van der Waals surface area contributed by atoms with E-state index in [4.69, 9.17) is 10.5 Å². The van der Waals surface area contributed by atoms with Gasteiger partial charge in [0, 0.05) is 7.11 Å². The number of methoxy groups -OCH3 is 1. The van der Waals surface area contributed by atoms with E-state index in [0.717, 1.165) is 0 Å². The Hall–Kier alpha value is -0.640. The van der Waals surface area contributed by atoms with Gasteiger partial charge >= 0.3 is 0 Å². The van der Waals surface area contributed by atoms with Crippen LogP contribution in [0.25, 0.3) is 0 Å². The topological polar surface area (TPSA) is 55.5 Å². The van der Waals surface area contributed by atoms with E-state index >= 15 is 0 Å². The summed E-state index contributed by atoms with van der Waals surface area (Å²) in [4.78, 5) is 0. The maximum atomic E-state index is 9.35. The molecule has 3 N–H and O–H groups in total. The highest BCUT2D eigenvalue weighted by atomic mass is 16.5. The van der Waals surface area contributed by atoms with Crippen LogP contribution in [0, 0.1) is 0 Å². The molecule has 0 amide bonds. The molecule has 0 aliphatic heterocycles. The molecule has 0 saturated heterocycles. The van der Waals surface area contributed by atoms with E-state index in [1.807, 2.05) is 0 Å². The summed E-state index contributed by atoms with van der Waals surface area (Å²) in [5.74, 6) is 0. The van der Waals surface area contributed by atoms with Crippen LogP contribution >= 0.6 is 0 Å². The van der Waals surface area contributed by atoms with E-state index in [1.54, 1.807) is 18.2 Å². The van der Waals surface area contributed by atoms with Crippen LogP contribution in [-0.2, 0) is 4.74 Å². The van der Waals surface area contributed by atoms with Gasteiger partial charge < -0.3 is 9.84 Å². The monoisotopic (exact) mass is 141 g/mol. The molecule has 0 fully saturated rings. The number of aliphatic hydroxyl groups is 1. The van der Waals surface area contributed by atoms with Crippen molar-refractivity contribution < 1.29 is 9.84 Å². The Kier molecular flexibility index (Phi) is 1.89. The Bertz CT molecular complexity index is 172. The zero-order valence-corrected chi connectivity index (χ0v) is 5.82. The van der Waals surface area contributed by atoms with Crippen molar-refractivity contribution in [2.75, 3.05) is 7.11 Å². The van der Waals surface area contributed by atoms with Crippen molar-refractivity contribution >= 4 is 0 Å². The molecule has 0 radical (unpaired) electrons. The van der Waals surface area contributed by atoms with Crippen LogP contribution in [0.15, 0.2) is 24.3 Å². The van der Waals surface area contributed by atoms with Gasteiger partial charge in [0.25, 0.3) is 0 Å². The average Bonchev–Trinajstić information content (AvgIpc) is 1.87. The Morgan fingerprint density at radius 2 is 2.30 bits per heavy atom. The van der Waals surface area contributed by atoms with Crippen LogP contribution in [0.3, 0.4) is 0 Å². The van der Waals surface area contributed by atoms with Crippen molar-refractivity contribution in [2.45, 2.75) is 11.8 Å². The average molecular weight is 141 g/mol. The molecule has 0 heterocycles. The second-order valence-electron chi connectivity index (χ2n) is 2.29. The highest BCUT2D eigenvalue weighted by Gasteiger charge is 2.28. The standard InChI is InChI=1S/C7H11NO2/c1-10-6-4-2-3-5-7(6,8)9/h2-6,9H,8H2,1H3. The third-order valence-electron chi connectivity index (χ3n) is 1.47. The lowest BCUT2D eigenvalue weighted by atomic mass is 10.0. The van der Waals surface area contributed by atoms with Crippen LogP contribution in [0.4, 0.5) is 0 Å². The zero-order chi connectivity index (χ0) is 7.61. The maximum absolute atomic E-state index is 9.35. The largest absolute Gasteiger partial charge is 0.373 e. The summed E-state index contributed by atoms with van der Waals surface area (Å²) < 4.78 is 4.89. The maximum Gasteiger partial charge on any atom is 0.163 e. The molecule has 3 nitrogen and oxygen atoms in total. The lowest BCUT2D eigenvalue weighted by molar-refractivity contribution is -0.0338. The quantitative estimate of drug-likeness (QED) is 0.496. The molecule has 0 aromatic rings. The molecule has 0 aromatic carbocycles. The van der Waals surface area contributed by atoms with Gasteiger partial charge in [-0.05, 0) is 6.08 Å². The van der Waals surface area contributed by atoms with Crippen molar-refractivity contribution in [3.63, 3.8) is 0 Å². The smallest absolute Gasteiger partial charge is 0.163 e. The van der Waals surface area contributed by atoms with Crippen LogP contribution in [0.5, 0.6) is 0 Å². The minimum absolute atomic E-state index is 0.433. The van der Waals surface area contributed by atoms with E-state index in [1.165, 1.54) is 13.2 Å². The third kappa shape index (κ3) is 1.26. The van der Waals surface area contributed by atoms with Crippen molar-refractivity contribution in [1.29, 1.82) is 0 Å². The van der Waals surface area contributed by atoms with Gasteiger partial charge in [-0.1, -0.05) is 18.2 Å². The minimum atomic E-state index is -1.34. The minimum Gasteiger partial charge on any atom is -0.373 e. The first-order valence-electron chi connectivity index (χ1n) is 3.07. The highest BCUT2D eigenvalue weighted by molar-refractivity contribution is 5.21. The molecule has 0 saturated carbocycles. The fourth-order valence-electron chi connectivity index (χ4n) is 0.891. The molecule has 2 atom stereocenters. The molecule has 0 bridgehead atoms. The van der Waals surface area contributed by atoms with Crippen LogP contribution < -0.4 is 5.73 Å². The highest BCUT2D eigenvalue weighted by Crippen LogP contribution is 2.14. The second-order valence-corrected chi connectivity index (χ2v) is 2.29. The van der Waals surface area contributed by atoms with Crippen molar-refractivity contribution in [1.82, 2.24) is 0 Å². The number of allylic oxidation sites excluding steroid dienone is 2. The van der Waals surface area contributed by atoms with E-state index in [2.05, 4.69) is 0 Å². The number of nitrogens with two attached hydrogens (primary N) is 1. The van der Waals surface area contributed by atoms with Crippen molar-refractivity contribution in [3.05, 3.63) is 24.3 Å². The summed E-state index contributed by atoms with van der Waals surface area (Å²) in [5.41, 5.74) is 4.08. The molecule has 0 spiro atoms. The number of rotatable bonds is 1. The molecule has 56 valence electrons. The van der Waals surface area contributed by atoms with E-state index < -0.39 is 11.8 Å². The van der Waals surface area contributed by atoms with Gasteiger partial charge in [-0.3, -0.25) is 5.73 Å². The van der Waals surface area contributed by atoms with Crippen LogP contribution in [0.2, 0.25) is 0 Å². The molecule has 3 heteroatoms.